The fraction of sp³-hybridized carbons (Fsp3) is 0.100. The van der Waals surface area contributed by atoms with E-state index < -0.39 is 4.92 Å². The van der Waals surface area contributed by atoms with Gasteiger partial charge in [-0.3, -0.25) is 10.1 Å². The van der Waals surface area contributed by atoms with Crippen LogP contribution in [0.5, 0.6) is 0 Å². The van der Waals surface area contributed by atoms with Gasteiger partial charge in [0.2, 0.25) is 0 Å². The maximum Gasteiger partial charge on any atom is 0.295 e. The van der Waals surface area contributed by atoms with Crippen LogP contribution < -0.4 is 0 Å². The molecule has 0 fully saturated rings. The lowest BCUT2D eigenvalue weighted by Gasteiger charge is -2.01. The molecule has 0 spiro atoms. The highest BCUT2D eigenvalue weighted by Crippen LogP contribution is 2.26. The molecule has 0 saturated heterocycles. The summed E-state index contributed by atoms with van der Waals surface area (Å²) in [6, 6.07) is 6.62. The Kier molecular flexibility index (Phi) is 2.28. The molecule has 0 aliphatic heterocycles. The third-order valence-corrected chi connectivity index (χ3v) is 2.53. The van der Waals surface area contributed by atoms with Crippen molar-refractivity contribution in [1.82, 2.24) is 4.98 Å². The van der Waals surface area contributed by atoms with E-state index in [4.69, 9.17) is 11.6 Å². The van der Waals surface area contributed by atoms with Crippen LogP contribution in [0.25, 0.3) is 10.9 Å². The Balaban J connectivity index is 2.86. The normalized spacial score (nSPS) is 10.5. The zero-order valence-corrected chi connectivity index (χ0v) is 8.65. The topological polar surface area (TPSA) is 56.0 Å². The molecule has 5 heteroatoms. The molecule has 0 aliphatic rings. The van der Waals surface area contributed by atoms with Gasteiger partial charge in [0.05, 0.1) is 4.92 Å². The maximum absolute atomic E-state index is 10.7. The van der Waals surface area contributed by atoms with E-state index in [1.807, 2.05) is 6.92 Å². The molecule has 15 heavy (non-hydrogen) atoms. The largest absolute Gasteiger partial charge is 0.295 e. The number of hydrogen-bond donors (Lipinski definition) is 0. The fourth-order valence-corrected chi connectivity index (χ4v) is 1.55. The highest BCUT2D eigenvalue weighted by Gasteiger charge is 2.13. The zero-order chi connectivity index (χ0) is 11.0. The molecule has 1 aromatic heterocycles. The Morgan fingerprint density at radius 2 is 2.20 bits per heavy atom. The van der Waals surface area contributed by atoms with E-state index in [1.165, 1.54) is 6.07 Å². The lowest BCUT2D eigenvalue weighted by Crippen LogP contribution is -1.92. The Hall–Kier alpha value is -1.68. The maximum atomic E-state index is 10.7. The molecule has 1 heterocycles. The van der Waals surface area contributed by atoms with E-state index in [2.05, 4.69) is 4.98 Å². The number of nitro benzene ring substituents is 1. The number of fused-ring (bicyclic) bond motifs is 1. The number of non-ortho nitro benzene ring substituents is 1. The first-order valence-corrected chi connectivity index (χ1v) is 4.67. The van der Waals surface area contributed by atoms with E-state index >= 15 is 0 Å². The molecule has 4 nitrogen and oxygen atoms in total. The minimum atomic E-state index is -0.457. The van der Waals surface area contributed by atoms with Crippen LogP contribution in [-0.4, -0.2) is 9.91 Å². The summed E-state index contributed by atoms with van der Waals surface area (Å²) in [5.41, 5.74) is 1.12. The van der Waals surface area contributed by atoms with Crippen molar-refractivity contribution in [2.24, 2.45) is 0 Å². The van der Waals surface area contributed by atoms with Gasteiger partial charge >= 0.3 is 0 Å². The Bertz CT molecular complexity index is 554. The molecule has 0 amide bonds. The summed E-state index contributed by atoms with van der Waals surface area (Å²) in [6.07, 6.45) is 0. The van der Waals surface area contributed by atoms with Gasteiger partial charge < -0.3 is 0 Å². The van der Waals surface area contributed by atoms with Crippen LogP contribution in [-0.2, 0) is 0 Å². The van der Waals surface area contributed by atoms with Crippen molar-refractivity contribution in [3.8, 4) is 0 Å². The van der Waals surface area contributed by atoms with E-state index in [9.17, 15) is 10.1 Å². The van der Waals surface area contributed by atoms with Crippen molar-refractivity contribution in [3.63, 3.8) is 0 Å². The second-order valence-corrected chi connectivity index (χ2v) is 3.56. The van der Waals surface area contributed by atoms with Gasteiger partial charge in [-0.25, -0.2) is 4.98 Å². The summed E-state index contributed by atoms with van der Waals surface area (Å²) in [7, 11) is 0. The highest BCUT2D eigenvalue weighted by molar-refractivity contribution is 6.30. The van der Waals surface area contributed by atoms with Crippen LogP contribution in [0.15, 0.2) is 24.3 Å². The number of pyridine rings is 1. The summed E-state index contributed by atoms with van der Waals surface area (Å²) in [5.74, 6) is 0. The summed E-state index contributed by atoms with van der Waals surface area (Å²) in [6.45, 7) is 1.81. The third kappa shape index (κ3) is 1.64. The van der Waals surface area contributed by atoms with Gasteiger partial charge in [-0.05, 0) is 18.6 Å². The minimum Gasteiger partial charge on any atom is -0.258 e. The molecule has 1 aromatic carbocycles. The first-order valence-electron chi connectivity index (χ1n) is 4.30. The molecule has 0 N–H and O–H groups in total. The van der Waals surface area contributed by atoms with Crippen LogP contribution in [0.3, 0.4) is 0 Å². The summed E-state index contributed by atoms with van der Waals surface area (Å²) in [4.78, 5) is 14.3. The van der Waals surface area contributed by atoms with E-state index in [0.29, 0.717) is 10.7 Å². The second-order valence-electron chi connectivity index (χ2n) is 3.20. The lowest BCUT2D eigenvalue weighted by atomic mass is 10.1. The van der Waals surface area contributed by atoms with E-state index in [0.717, 1.165) is 10.9 Å². The molecule has 0 bridgehead atoms. The van der Waals surface area contributed by atoms with E-state index in [-0.39, 0.29) is 5.69 Å². The zero-order valence-electron chi connectivity index (χ0n) is 7.90. The third-order valence-electron chi connectivity index (χ3n) is 2.15. The van der Waals surface area contributed by atoms with Gasteiger partial charge in [0.1, 0.15) is 10.7 Å². The van der Waals surface area contributed by atoms with Crippen LogP contribution in [0.4, 0.5) is 5.69 Å². The molecule has 0 radical (unpaired) electrons. The van der Waals surface area contributed by atoms with Crippen molar-refractivity contribution in [2.75, 3.05) is 0 Å². The van der Waals surface area contributed by atoms with Gasteiger partial charge in [-0.1, -0.05) is 23.7 Å². The molecule has 0 saturated carbocycles. The second kappa shape index (κ2) is 3.47. The Morgan fingerprint density at radius 1 is 1.47 bits per heavy atom. The number of aromatic nitrogens is 1. The average Bonchev–Trinajstić information content (AvgIpc) is 2.18. The van der Waals surface area contributed by atoms with Gasteiger partial charge in [-0.2, -0.15) is 0 Å². The van der Waals surface area contributed by atoms with Gasteiger partial charge in [0.25, 0.3) is 5.69 Å². The Morgan fingerprint density at radius 3 is 2.87 bits per heavy atom. The number of para-hydroxylation sites is 1. The SMILES string of the molecule is Cc1cc2cccc([N+](=O)[O-])c2nc1Cl. The number of hydrogen-bond acceptors (Lipinski definition) is 3. The van der Waals surface area contributed by atoms with Crippen LogP contribution in [0, 0.1) is 17.0 Å². The smallest absolute Gasteiger partial charge is 0.258 e. The summed E-state index contributed by atoms with van der Waals surface area (Å²) in [5, 5.41) is 11.8. The number of aryl methyl sites for hydroxylation is 1. The molecular formula is C10H7ClN2O2. The van der Waals surface area contributed by atoms with Crippen molar-refractivity contribution in [3.05, 3.63) is 45.1 Å². The average molecular weight is 223 g/mol. The fourth-order valence-electron chi connectivity index (χ4n) is 1.41. The number of rotatable bonds is 1. The van der Waals surface area contributed by atoms with Crippen LogP contribution in [0.1, 0.15) is 5.56 Å². The summed E-state index contributed by atoms with van der Waals surface area (Å²) >= 11 is 5.83. The van der Waals surface area contributed by atoms with E-state index in [1.54, 1.807) is 18.2 Å². The van der Waals surface area contributed by atoms with Crippen molar-refractivity contribution >= 4 is 28.2 Å². The van der Waals surface area contributed by atoms with Gasteiger partial charge in [0.15, 0.2) is 0 Å². The molecular weight excluding hydrogens is 216 g/mol. The number of halogens is 1. The van der Waals surface area contributed by atoms with Crippen LogP contribution >= 0.6 is 11.6 Å². The van der Waals surface area contributed by atoms with Gasteiger partial charge in [-0.15, -0.1) is 0 Å². The standard InChI is InChI=1S/C10H7ClN2O2/c1-6-5-7-3-2-4-8(13(14)15)9(7)12-10(6)11/h2-5H,1H3. The molecule has 2 aromatic rings. The lowest BCUT2D eigenvalue weighted by molar-refractivity contribution is -0.383. The molecule has 2 rings (SSSR count). The molecule has 0 aliphatic carbocycles. The minimum absolute atomic E-state index is 0.0191. The van der Waals surface area contributed by atoms with Crippen molar-refractivity contribution < 1.29 is 4.92 Å². The predicted molar refractivity (Wildman–Crippen MR) is 58.1 cm³/mol. The molecule has 0 atom stereocenters. The van der Waals surface area contributed by atoms with Crippen LogP contribution in [0.2, 0.25) is 5.15 Å². The van der Waals surface area contributed by atoms with Crippen molar-refractivity contribution in [1.29, 1.82) is 0 Å². The monoisotopic (exact) mass is 222 g/mol. The highest BCUT2D eigenvalue weighted by atomic mass is 35.5. The quantitative estimate of drug-likeness (QED) is 0.423. The number of benzene rings is 1. The Labute approximate surface area is 90.7 Å². The predicted octanol–water partition coefficient (Wildman–Crippen LogP) is 3.10. The molecule has 0 unspecified atom stereocenters. The number of nitrogens with zero attached hydrogens (tertiary/aromatic N) is 2. The van der Waals surface area contributed by atoms with Gasteiger partial charge in [0, 0.05) is 11.5 Å². The summed E-state index contributed by atoms with van der Waals surface area (Å²) < 4.78 is 0. The molecule has 76 valence electrons. The first-order chi connectivity index (χ1) is 7.09. The van der Waals surface area contributed by atoms with Crippen molar-refractivity contribution in [2.45, 2.75) is 6.92 Å². The first kappa shape index (κ1) is 9.86. The number of nitro groups is 1.